The van der Waals surface area contributed by atoms with Gasteiger partial charge < -0.3 is 4.76 Å². The molecule has 0 heterocycles. The Morgan fingerprint density at radius 3 is 1.86 bits per heavy atom. The first-order valence-electron chi connectivity index (χ1n) is 0.956. The molecular formula is H2BFeNNdO3. The summed E-state index contributed by atoms with van der Waals surface area (Å²) in [5.41, 5.74) is 0. The molecule has 0 fully saturated rings. The zero-order valence-electron chi connectivity index (χ0n) is 3.53. The fraction of sp³-hybridized carbons (Fsp3) is 0. The van der Waals surface area contributed by atoms with Gasteiger partial charge in [0, 0.05) is 57.9 Å². The fourth-order valence-electron chi connectivity index (χ4n) is 0. The van der Waals surface area contributed by atoms with Gasteiger partial charge in [-0.2, -0.15) is 0 Å². The summed E-state index contributed by atoms with van der Waals surface area (Å²) in [6, 6.07) is 0. The Bertz CT molecular complexity index is 50.2. The summed E-state index contributed by atoms with van der Waals surface area (Å²) < 4.78 is 3.47. The van der Waals surface area contributed by atoms with Crippen molar-refractivity contribution in [2.75, 3.05) is 0 Å². The molecule has 0 aliphatic carbocycles. The van der Waals surface area contributed by atoms with Crippen LogP contribution in [0.5, 0.6) is 0 Å². The normalized spacial score (nSPS) is 4.57. The van der Waals surface area contributed by atoms with Gasteiger partial charge in [0.25, 0.3) is 5.09 Å². The maximum atomic E-state index is 8.95. The molecule has 0 aromatic heterocycles. The van der Waals surface area contributed by atoms with E-state index in [0.29, 0.717) is 0 Å². The minimum atomic E-state index is -0.875. The molecule has 7 heteroatoms. The molecule has 0 radical (unpaired) electrons. The molecule has 0 spiro atoms. The molecular weight excluding hydrogens is 273 g/mol. The molecule has 7 heavy (non-hydrogen) atoms. The van der Waals surface area contributed by atoms with Crippen LogP contribution < -0.4 is 0 Å². The Kier molecular flexibility index (Phi) is 22.9. The number of rotatable bonds is 1. The molecule has 0 atom stereocenters. The first kappa shape index (κ1) is 15.7. The minimum absolute atomic E-state index is 0. The summed E-state index contributed by atoms with van der Waals surface area (Å²) >= 11 is 0. The third-order valence-electron chi connectivity index (χ3n) is 0.149. The Labute approximate surface area is 84.9 Å². The van der Waals surface area contributed by atoms with Crippen LogP contribution in [0.15, 0.2) is 0 Å². The van der Waals surface area contributed by atoms with Crippen LogP contribution in [0.25, 0.3) is 0 Å². The third-order valence-corrected chi connectivity index (χ3v) is 0.149. The van der Waals surface area contributed by atoms with Crippen LogP contribution in [0.1, 0.15) is 0 Å². The molecule has 0 rings (SSSR count). The molecule has 0 saturated carbocycles. The Hall–Kier alpha value is 1.14. The molecule has 0 aromatic carbocycles. The van der Waals surface area contributed by atoms with Crippen molar-refractivity contribution in [2.45, 2.75) is 0 Å². The summed E-state index contributed by atoms with van der Waals surface area (Å²) in [4.78, 5) is 8.95. The van der Waals surface area contributed by atoms with E-state index in [-0.39, 0.29) is 57.9 Å². The molecule has 0 saturated heterocycles. The molecule has 0 unspecified atom stereocenters. The summed E-state index contributed by atoms with van der Waals surface area (Å²) in [5.74, 6) is 0. The second kappa shape index (κ2) is 10.2. The first-order chi connectivity index (χ1) is 2.27. The zero-order chi connectivity index (χ0) is 4.28. The summed E-state index contributed by atoms with van der Waals surface area (Å²) in [6.07, 6.45) is 0. The van der Waals surface area contributed by atoms with Crippen molar-refractivity contribution in [3.8, 4) is 0 Å². The fourth-order valence-corrected chi connectivity index (χ4v) is 0. The second-order valence-corrected chi connectivity index (χ2v) is 0.406. The molecule has 0 bridgehead atoms. The molecule has 0 aliphatic heterocycles. The molecule has 40 valence electrons. The van der Waals surface area contributed by atoms with E-state index in [9.17, 15) is 0 Å². The van der Waals surface area contributed by atoms with Crippen molar-refractivity contribution in [3.63, 3.8) is 0 Å². The molecule has 0 aromatic rings. The predicted molar refractivity (Wildman–Crippen MR) is 16.6 cm³/mol. The quantitative estimate of drug-likeness (QED) is 0.341. The van der Waals surface area contributed by atoms with Gasteiger partial charge in [-0.05, 0) is 0 Å². The van der Waals surface area contributed by atoms with E-state index in [1.165, 1.54) is 0 Å². The summed E-state index contributed by atoms with van der Waals surface area (Å²) in [7, 11) is 1.00. The topological polar surface area (TPSA) is 52.4 Å². The van der Waals surface area contributed by atoms with Crippen LogP contribution in [-0.2, 0) is 21.8 Å². The maximum Gasteiger partial charge on any atom is 0.318 e. The average Bonchev–Trinajstić information content (AvgIpc) is 1.38. The van der Waals surface area contributed by atoms with E-state index in [1.807, 2.05) is 0 Å². The van der Waals surface area contributed by atoms with Crippen molar-refractivity contribution in [1.82, 2.24) is 0 Å². The number of nitrogens with zero attached hydrogens (tertiary/aromatic N) is 1. The monoisotopic (exact) mass is 273 g/mol. The van der Waals surface area contributed by atoms with Crippen LogP contribution in [-0.4, -0.2) is 13.1 Å². The van der Waals surface area contributed by atoms with E-state index in [0.717, 1.165) is 8.05 Å². The van der Waals surface area contributed by atoms with Crippen LogP contribution in [0.4, 0.5) is 0 Å². The van der Waals surface area contributed by atoms with E-state index in [1.54, 1.807) is 0 Å². The van der Waals surface area contributed by atoms with Crippen molar-refractivity contribution < 1.29 is 67.7 Å². The second-order valence-electron chi connectivity index (χ2n) is 0.406. The standard InChI is InChI=1S/BH2NO3.Fe.Nd/c1-5-2(3)4;;/h1H2;;. The third kappa shape index (κ3) is 19.1. The van der Waals surface area contributed by atoms with Gasteiger partial charge in [0.05, 0.1) is 0 Å². The number of hydrogen-bond acceptors (Lipinski definition) is 3. The smallest absolute Gasteiger partial charge is 0.318 e. The van der Waals surface area contributed by atoms with Gasteiger partial charge >= 0.3 is 8.05 Å². The largest absolute Gasteiger partial charge is 0.394 e. The Balaban J connectivity index is -0.0000000800. The van der Waals surface area contributed by atoms with E-state index in [2.05, 4.69) is 4.76 Å². The van der Waals surface area contributed by atoms with Crippen molar-refractivity contribution in [2.24, 2.45) is 0 Å². The van der Waals surface area contributed by atoms with Crippen LogP contribution in [0.2, 0.25) is 0 Å². The van der Waals surface area contributed by atoms with Crippen molar-refractivity contribution in [1.29, 1.82) is 0 Å². The molecule has 4 nitrogen and oxygen atoms in total. The Morgan fingerprint density at radius 1 is 1.71 bits per heavy atom. The van der Waals surface area contributed by atoms with E-state index >= 15 is 0 Å². The van der Waals surface area contributed by atoms with Gasteiger partial charge in [0.2, 0.25) is 0 Å². The maximum absolute atomic E-state index is 8.95. The van der Waals surface area contributed by atoms with Crippen LogP contribution in [0, 0.1) is 51.0 Å². The zero-order valence-corrected chi connectivity index (χ0v) is 7.84. The van der Waals surface area contributed by atoms with Gasteiger partial charge in [0.1, 0.15) is 0 Å². The van der Waals surface area contributed by atoms with Crippen molar-refractivity contribution >= 4 is 8.05 Å². The SMILES string of the molecule is BO[N+](=O)[O-].[Fe].[Nd]. The van der Waals surface area contributed by atoms with Crippen LogP contribution in [0.3, 0.4) is 0 Å². The van der Waals surface area contributed by atoms with Gasteiger partial charge in [-0.25, -0.2) is 0 Å². The van der Waals surface area contributed by atoms with Gasteiger partial charge in [-0.1, -0.05) is 0 Å². The molecule has 0 amide bonds. The minimum Gasteiger partial charge on any atom is -0.394 e. The van der Waals surface area contributed by atoms with E-state index in [4.69, 9.17) is 10.1 Å². The van der Waals surface area contributed by atoms with Gasteiger partial charge in [-0.15, -0.1) is 10.1 Å². The number of hydrogen-bond donors (Lipinski definition) is 0. The summed E-state index contributed by atoms with van der Waals surface area (Å²) in [5, 5.41) is 8.08. The van der Waals surface area contributed by atoms with E-state index < -0.39 is 5.09 Å². The molecule has 0 N–H and O–H groups in total. The molecule has 0 aliphatic rings. The Morgan fingerprint density at radius 2 is 1.86 bits per heavy atom. The first-order valence-corrected chi connectivity index (χ1v) is 0.956. The van der Waals surface area contributed by atoms with Crippen LogP contribution >= 0.6 is 0 Å². The van der Waals surface area contributed by atoms with Gasteiger partial charge in [-0.3, -0.25) is 0 Å². The average molecular weight is 275 g/mol. The predicted octanol–water partition coefficient (Wildman–Crippen LogP) is -1.26. The van der Waals surface area contributed by atoms with Gasteiger partial charge in [0.15, 0.2) is 0 Å². The summed E-state index contributed by atoms with van der Waals surface area (Å²) in [6.45, 7) is 0. The van der Waals surface area contributed by atoms with Crippen molar-refractivity contribution in [3.05, 3.63) is 10.1 Å².